The van der Waals surface area contributed by atoms with E-state index in [-0.39, 0.29) is 6.09 Å². The number of rotatable bonds is 6. The molecule has 2 rings (SSSR count). The maximum absolute atomic E-state index is 12.2. The largest absolute Gasteiger partial charge is 0.444 e. The first kappa shape index (κ1) is 18.8. The van der Waals surface area contributed by atoms with Crippen LogP contribution < -0.4 is 5.32 Å². The minimum Gasteiger partial charge on any atom is -0.444 e. The molecule has 2 heterocycles. The predicted molar refractivity (Wildman–Crippen MR) is 94.8 cm³/mol. The summed E-state index contributed by atoms with van der Waals surface area (Å²) in [5.41, 5.74) is -0.425. The van der Waals surface area contributed by atoms with Gasteiger partial charge in [0.1, 0.15) is 5.60 Å². The number of nitrogens with zero attached hydrogens (tertiary/aromatic N) is 3. The highest BCUT2D eigenvalue weighted by atomic mass is 16.6. The molecule has 1 aromatic heterocycles. The van der Waals surface area contributed by atoms with Crippen LogP contribution in [0.2, 0.25) is 0 Å². The quantitative estimate of drug-likeness (QED) is 0.868. The molecule has 0 aliphatic carbocycles. The average Bonchev–Trinajstić information content (AvgIpc) is 2.99. The van der Waals surface area contributed by atoms with E-state index in [1.165, 1.54) is 6.42 Å². The molecule has 1 N–H and O–H groups in total. The zero-order valence-corrected chi connectivity index (χ0v) is 15.5. The van der Waals surface area contributed by atoms with E-state index in [1.807, 2.05) is 42.6 Å². The van der Waals surface area contributed by atoms with Gasteiger partial charge in [-0.3, -0.25) is 4.68 Å². The third-order valence-corrected chi connectivity index (χ3v) is 4.25. The van der Waals surface area contributed by atoms with Crippen molar-refractivity contribution >= 4 is 6.09 Å². The molecule has 24 heavy (non-hydrogen) atoms. The highest BCUT2D eigenvalue weighted by Crippen LogP contribution is 2.22. The number of hydrogen-bond acceptors (Lipinski definition) is 4. The van der Waals surface area contributed by atoms with Gasteiger partial charge in [-0.2, -0.15) is 5.10 Å². The fourth-order valence-corrected chi connectivity index (χ4v) is 3.19. The van der Waals surface area contributed by atoms with Crippen molar-refractivity contribution in [1.29, 1.82) is 0 Å². The lowest BCUT2D eigenvalue weighted by Gasteiger charge is -2.35. The standard InChI is InChI=1S/C18H32N4O2/c1-15(19-9-12-22-11-6-8-20-22)13-16-7-5-10-21(14-16)17(23)24-18(2,3)4/h6,8,11,15-16,19H,5,7,9-10,12-14H2,1-4H3. The topological polar surface area (TPSA) is 59.4 Å². The molecule has 2 unspecified atom stereocenters. The Hall–Kier alpha value is -1.56. The van der Waals surface area contributed by atoms with Gasteiger partial charge in [-0.05, 0) is 58.9 Å². The molecule has 0 aromatic carbocycles. The molecule has 136 valence electrons. The van der Waals surface area contributed by atoms with Crippen LogP contribution in [0.1, 0.15) is 47.0 Å². The first-order valence-electron chi connectivity index (χ1n) is 9.02. The fourth-order valence-electron chi connectivity index (χ4n) is 3.19. The van der Waals surface area contributed by atoms with E-state index in [9.17, 15) is 4.79 Å². The first-order chi connectivity index (χ1) is 11.3. The number of piperidine rings is 1. The minimum absolute atomic E-state index is 0.175. The van der Waals surface area contributed by atoms with Gasteiger partial charge in [-0.1, -0.05) is 0 Å². The van der Waals surface area contributed by atoms with Gasteiger partial charge in [-0.25, -0.2) is 4.79 Å². The van der Waals surface area contributed by atoms with Crippen LogP contribution in [0.25, 0.3) is 0 Å². The molecule has 0 radical (unpaired) electrons. The van der Waals surface area contributed by atoms with Gasteiger partial charge in [0.2, 0.25) is 0 Å². The highest BCUT2D eigenvalue weighted by molar-refractivity contribution is 5.68. The van der Waals surface area contributed by atoms with E-state index in [2.05, 4.69) is 17.3 Å². The third kappa shape index (κ3) is 6.51. The number of hydrogen-bond donors (Lipinski definition) is 1. The molecule has 1 amide bonds. The Kier molecular flexibility index (Phi) is 6.66. The lowest BCUT2D eigenvalue weighted by Crippen LogP contribution is -2.44. The summed E-state index contributed by atoms with van der Waals surface area (Å²) in [4.78, 5) is 14.1. The lowest BCUT2D eigenvalue weighted by molar-refractivity contribution is 0.0157. The van der Waals surface area contributed by atoms with E-state index < -0.39 is 5.60 Å². The summed E-state index contributed by atoms with van der Waals surface area (Å²) in [6.07, 6.45) is 6.93. The molecule has 1 aromatic rings. The second-order valence-electron chi connectivity index (χ2n) is 7.79. The van der Waals surface area contributed by atoms with Crippen molar-refractivity contribution in [3.63, 3.8) is 0 Å². The minimum atomic E-state index is -0.425. The molecule has 0 spiro atoms. The first-order valence-corrected chi connectivity index (χ1v) is 9.02. The lowest BCUT2D eigenvalue weighted by atomic mass is 9.92. The molecule has 1 aliphatic heterocycles. The molecule has 0 bridgehead atoms. The van der Waals surface area contributed by atoms with E-state index in [0.717, 1.165) is 39.0 Å². The van der Waals surface area contributed by atoms with E-state index in [0.29, 0.717) is 12.0 Å². The number of carbonyl (C=O) groups is 1. The molecule has 6 nitrogen and oxygen atoms in total. The maximum atomic E-state index is 12.2. The van der Waals surface area contributed by atoms with Crippen LogP contribution in [0, 0.1) is 5.92 Å². The number of aromatic nitrogens is 2. The van der Waals surface area contributed by atoms with Crippen LogP contribution in [0.4, 0.5) is 4.79 Å². The molecule has 2 atom stereocenters. The molecule has 1 saturated heterocycles. The molecule has 6 heteroatoms. The van der Waals surface area contributed by atoms with Crippen LogP contribution in [0.15, 0.2) is 18.5 Å². The van der Waals surface area contributed by atoms with E-state index in [4.69, 9.17) is 4.74 Å². The Balaban J connectivity index is 1.70. The zero-order valence-electron chi connectivity index (χ0n) is 15.5. The van der Waals surface area contributed by atoms with Crippen LogP contribution >= 0.6 is 0 Å². The molecular formula is C18H32N4O2. The number of carbonyl (C=O) groups excluding carboxylic acids is 1. The summed E-state index contributed by atoms with van der Waals surface area (Å²) >= 11 is 0. The number of amides is 1. The van der Waals surface area contributed by atoms with Gasteiger partial charge in [0.05, 0.1) is 6.54 Å². The van der Waals surface area contributed by atoms with Crippen molar-refractivity contribution in [2.24, 2.45) is 5.92 Å². The summed E-state index contributed by atoms with van der Waals surface area (Å²) in [5, 5.41) is 7.76. The van der Waals surface area contributed by atoms with Crippen molar-refractivity contribution in [3.8, 4) is 0 Å². The molecular weight excluding hydrogens is 304 g/mol. The Morgan fingerprint density at radius 3 is 2.92 bits per heavy atom. The Labute approximate surface area is 145 Å². The summed E-state index contributed by atoms with van der Waals surface area (Å²) in [5.74, 6) is 0.540. The summed E-state index contributed by atoms with van der Waals surface area (Å²) in [7, 11) is 0. The second-order valence-corrected chi connectivity index (χ2v) is 7.79. The third-order valence-electron chi connectivity index (χ3n) is 4.25. The zero-order chi connectivity index (χ0) is 17.6. The van der Waals surface area contributed by atoms with Gasteiger partial charge in [-0.15, -0.1) is 0 Å². The van der Waals surface area contributed by atoms with Crippen LogP contribution in [0.5, 0.6) is 0 Å². The summed E-state index contributed by atoms with van der Waals surface area (Å²) < 4.78 is 7.43. The van der Waals surface area contributed by atoms with Crippen LogP contribution in [-0.2, 0) is 11.3 Å². The van der Waals surface area contributed by atoms with Gasteiger partial charge in [0, 0.05) is 38.1 Å². The van der Waals surface area contributed by atoms with Gasteiger partial charge >= 0.3 is 6.09 Å². The van der Waals surface area contributed by atoms with Gasteiger partial charge in [0.25, 0.3) is 0 Å². The monoisotopic (exact) mass is 336 g/mol. The fraction of sp³-hybridized carbons (Fsp3) is 0.778. The van der Waals surface area contributed by atoms with E-state index >= 15 is 0 Å². The maximum Gasteiger partial charge on any atom is 0.410 e. The molecule has 1 aliphatic rings. The Bertz CT molecular complexity index is 496. The number of ether oxygens (including phenoxy) is 1. The smallest absolute Gasteiger partial charge is 0.410 e. The highest BCUT2D eigenvalue weighted by Gasteiger charge is 2.28. The Morgan fingerprint density at radius 1 is 1.46 bits per heavy atom. The van der Waals surface area contributed by atoms with Crippen molar-refractivity contribution in [1.82, 2.24) is 20.0 Å². The number of nitrogens with one attached hydrogen (secondary N) is 1. The normalized spacial score (nSPS) is 20.0. The SMILES string of the molecule is CC(CC1CCCN(C(=O)OC(C)(C)C)C1)NCCn1cccn1. The summed E-state index contributed by atoms with van der Waals surface area (Å²) in [6, 6.07) is 2.38. The van der Waals surface area contributed by atoms with Crippen molar-refractivity contribution in [3.05, 3.63) is 18.5 Å². The van der Waals surface area contributed by atoms with Crippen molar-refractivity contribution in [2.45, 2.75) is 65.1 Å². The number of likely N-dealkylation sites (tertiary alicyclic amines) is 1. The molecule has 1 fully saturated rings. The summed E-state index contributed by atoms with van der Waals surface area (Å²) in [6.45, 7) is 11.4. The van der Waals surface area contributed by atoms with Crippen molar-refractivity contribution < 1.29 is 9.53 Å². The van der Waals surface area contributed by atoms with Gasteiger partial charge in [0.15, 0.2) is 0 Å². The van der Waals surface area contributed by atoms with E-state index in [1.54, 1.807) is 6.20 Å². The second kappa shape index (κ2) is 8.51. The predicted octanol–water partition coefficient (Wildman–Crippen LogP) is 2.90. The van der Waals surface area contributed by atoms with Crippen molar-refractivity contribution in [2.75, 3.05) is 19.6 Å². The molecule has 0 saturated carbocycles. The Morgan fingerprint density at radius 2 is 2.25 bits per heavy atom. The van der Waals surface area contributed by atoms with Crippen LogP contribution in [-0.4, -0.2) is 52.1 Å². The van der Waals surface area contributed by atoms with Crippen LogP contribution in [0.3, 0.4) is 0 Å². The average molecular weight is 336 g/mol. The van der Waals surface area contributed by atoms with Gasteiger partial charge < -0.3 is 15.0 Å².